The Hall–Kier alpha value is -3.88. The maximum absolute atomic E-state index is 12.4. The van der Waals surface area contributed by atoms with Crippen LogP contribution in [0.15, 0.2) is 60.7 Å². The number of nitrogens with zero attached hydrogens (tertiary/aromatic N) is 2. The highest BCUT2D eigenvalue weighted by Crippen LogP contribution is 2.16. The molecule has 3 N–H and O–H groups in total. The van der Waals surface area contributed by atoms with E-state index in [4.69, 9.17) is 0 Å². The normalized spacial score (nSPS) is 14.5. The highest BCUT2D eigenvalue weighted by molar-refractivity contribution is 6.06. The summed E-state index contributed by atoms with van der Waals surface area (Å²) in [6, 6.07) is 13.1. The van der Waals surface area contributed by atoms with Crippen LogP contribution in [0.2, 0.25) is 0 Å². The molecule has 0 spiro atoms. The zero-order valence-corrected chi connectivity index (χ0v) is 14.7. The molecule has 0 aliphatic carbocycles. The number of nitrogens with one attached hydrogen (secondary N) is 2. The van der Waals surface area contributed by atoms with Gasteiger partial charge in [-0.1, -0.05) is 48.5 Å². The average molecular weight is 382 g/mol. The summed E-state index contributed by atoms with van der Waals surface area (Å²) in [6.07, 6.45) is 0. The van der Waals surface area contributed by atoms with Crippen LogP contribution >= 0.6 is 0 Å². The van der Waals surface area contributed by atoms with E-state index < -0.39 is 30.1 Å². The van der Waals surface area contributed by atoms with Crippen LogP contribution < -0.4 is 10.6 Å². The summed E-state index contributed by atoms with van der Waals surface area (Å²) < 4.78 is 0. The monoisotopic (exact) mass is 382 g/mol. The molecule has 144 valence electrons. The summed E-state index contributed by atoms with van der Waals surface area (Å²) in [5, 5.41) is 14.3. The molecule has 9 heteroatoms. The third-order valence-corrected chi connectivity index (χ3v) is 4.17. The van der Waals surface area contributed by atoms with Crippen LogP contribution in [-0.2, 0) is 4.79 Å². The Morgan fingerprint density at radius 2 is 1.39 bits per heavy atom. The van der Waals surface area contributed by atoms with E-state index in [1.54, 1.807) is 60.7 Å². The van der Waals surface area contributed by atoms with Gasteiger partial charge in [0.05, 0.1) is 13.1 Å². The molecule has 1 aliphatic heterocycles. The fourth-order valence-corrected chi connectivity index (χ4v) is 2.76. The molecule has 0 bridgehead atoms. The van der Waals surface area contributed by atoms with Crippen molar-refractivity contribution in [3.05, 3.63) is 66.2 Å². The fourth-order valence-electron chi connectivity index (χ4n) is 2.76. The molecule has 9 nitrogen and oxygen atoms in total. The number of amides is 6. The van der Waals surface area contributed by atoms with Gasteiger partial charge in [-0.15, -0.1) is 0 Å². The quantitative estimate of drug-likeness (QED) is 0.751. The molecule has 3 rings (SSSR count). The molecule has 1 fully saturated rings. The summed E-state index contributed by atoms with van der Waals surface area (Å²) in [4.78, 5) is 50.4. The minimum Gasteiger partial charge on any atom is -0.479 e. The molecule has 1 saturated heterocycles. The van der Waals surface area contributed by atoms with Gasteiger partial charge in [-0.25, -0.2) is 29.0 Å². The Bertz CT molecular complexity index is 888. The van der Waals surface area contributed by atoms with Gasteiger partial charge in [0.2, 0.25) is 0 Å². The Labute approximate surface area is 160 Å². The minimum atomic E-state index is -1.31. The fraction of sp³-hybridized carbons (Fsp3) is 0.158. The van der Waals surface area contributed by atoms with Gasteiger partial charge in [0.25, 0.3) is 0 Å². The number of anilines is 1. The first-order valence-corrected chi connectivity index (χ1v) is 8.50. The third kappa shape index (κ3) is 4.09. The molecule has 6 amide bonds. The van der Waals surface area contributed by atoms with Crippen molar-refractivity contribution in [1.82, 2.24) is 15.1 Å². The standard InChI is InChI=1S/C19H18N4O5/c24-16(25)15(13-7-3-1-4-8-13)21-18(27)23-12-11-22(19(23)28)17(26)20-14-9-5-2-6-10-14/h1-10,15H,11-12H2,(H,20,26)(H,21,27)(H,24,25). The molecule has 1 aliphatic rings. The minimum absolute atomic E-state index is 0.00793. The van der Waals surface area contributed by atoms with E-state index in [2.05, 4.69) is 10.6 Å². The Kier molecular flexibility index (Phi) is 5.54. The number of carboxylic acids is 1. The van der Waals surface area contributed by atoms with Crippen molar-refractivity contribution < 1.29 is 24.3 Å². The van der Waals surface area contributed by atoms with Crippen LogP contribution in [-0.4, -0.2) is 52.1 Å². The number of benzene rings is 2. The smallest absolute Gasteiger partial charge is 0.336 e. The molecular weight excluding hydrogens is 364 g/mol. The van der Waals surface area contributed by atoms with Crippen molar-refractivity contribution in [2.75, 3.05) is 18.4 Å². The van der Waals surface area contributed by atoms with E-state index in [1.807, 2.05) is 0 Å². The molecular formula is C19H18N4O5. The Morgan fingerprint density at radius 1 is 0.857 bits per heavy atom. The highest BCUT2D eigenvalue weighted by atomic mass is 16.4. The maximum atomic E-state index is 12.4. The number of urea groups is 3. The summed E-state index contributed by atoms with van der Waals surface area (Å²) in [5.41, 5.74) is 0.881. The van der Waals surface area contributed by atoms with Crippen LogP contribution in [0.25, 0.3) is 0 Å². The Morgan fingerprint density at radius 3 is 1.96 bits per heavy atom. The van der Waals surface area contributed by atoms with E-state index in [0.29, 0.717) is 11.3 Å². The zero-order valence-electron chi connectivity index (χ0n) is 14.7. The molecule has 2 aromatic carbocycles. The van der Waals surface area contributed by atoms with E-state index in [0.717, 1.165) is 9.80 Å². The number of hydrogen-bond acceptors (Lipinski definition) is 4. The van der Waals surface area contributed by atoms with Gasteiger partial charge >= 0.3 is 24.1 Å². The predicted molar refractivity (Wildman–Crippen MR) is 99.6 cm³/mol. The second kappa shape index (κ2) is 8.21. The number of hydrogen-bond donors (Lipinski definition) is 3. The average Bonchev–Trinajstić information content (AvgIpc) is 3.09. The largest absolute Gasteiger partial charge is 0.479 e. The molecule has 0 saturated carbocycles. The number of para-hydroxylation sites is 1. The van der Waals surface area contributed by atoms with E-state index in [1.165, 1.54) is 0 Å². The summed E-state index contributed by atoms with van der Waals surface area (Å²) in [6.45, 7) is -0.0258. The molecule has 1 heterocycles. The number of carbonyl (C=O) groups excluding carboxylic acids is 3. The molecule has 1 unspecified atom stereocenters. The van der Waals surface area contributed by atoms with Gasteiger partial charge < -0.3 is 15.7 Å². The molecule has 2 aromatic rings. The van der Waals surface area contributed by atoms with Crippen molar-refractivity contribution in [3.8, 4) is 0 Å². The van der Waals surface area contributed by atoms with Gasteiger partial charge in [0.15, 0.2) is 6.04 Å². The lowest BCUT2D eigenvalue weighted by atomic mass is 10.1. The van der Waals surface area contributed by atoms with E-state index >= 15 is 0 Å². The van der Waals surface area contributed by atoms with Crippen molar-refractivity contribution in [3.63, 3.8) is 0 Å². The summed E-state index contributed by atoms with van der Waals surface area (Å²) >= 11 is 0. The topological polar surface area (TPSA) is 119 Å². The lowest BCUT2D eigenvalue weighted by Gasteiger charge is -2.20. The van der Waals surface area contributed by atoms with E-state index in [-0.39, 0.29) is 13.1 Å². The number of rotatable bonds is 4. The van der Waals surface area contributed by atoms with Crippen molar-refractivity contribution in [2.24, 2.45) is 0 Å². The summed E-state index contributed by atoms with van der Waals surface area (Å²) in [7, 11) is 0. The molecule has 28 heavy (non-hydrogen) atoms. The molecule has 0 radical (unpaired) electrons. The van der Waals surface area contributed by atoms with Crippen molar-refractivity contribution in [1.29, 1.82) is 0 Å². The first kappa shape index (κ1) is 18.9. The number of aliphatic carboxylic acids is 1. The van der Waals surface area contributed by atoms with Crippen molar-refractivity contribution in [2.45, 2.75) is 6.04 Å². The van der Waals surface area contributed by atoms with Crippen LogP contribution in [0, 0.1) is 0 Å². The first-order valence-electron chi connectivity index (χ1n) is 8.50. The zero-order chi connectivity index (χ0) is 20.1. The van der Waals surface area contributed by atoms with Gasteiger partial charge in [-0.05, 0) is 17.7 Å². The van der Waals surface area contributed by atoms with Gasteiger partial charge in [0, 0.05) is 5.69 Å². The lowest BCUT2D eigenvalue weighted by Crippen LogP contribution is -2.47. The predicted octanol–water partition coefficient (Wildman–Crippen LogP) is 2.49. The second-order valence-corrected chi connectivity index (χ2v) is 6.01. The van der Waals surface area contributed by atoms with Crippen LogP contribution in [0.4, 0.5) is 20.1 Å². The molecule has 0 aromatic heterocycles. The molecule has 1 atom stereocenters. The van der Waals surface area contributed by atoms with Gasteiger partial charge in [-0.2, -0.15) is 0 Å². The van der Waals surface area contributed by atoms with Crippen LogP contribution in [0.1, 0.15) is 11.6 Å². The summed E-state index contributed by atoms with van der Waals surface area (Å²) in [5.74, 6) is -1.26. The number of carboxylic acid groups (broad SMARTS) is 1. The number of carbonyl (C=O) groups is 4. The lowest BCUT2D eigenvalue weighted by molar-refractivity contribution is -0.139. The number of imide groups is 2. The third-order valence-electron chi connectivity index (χ3n) is 4.17. The van der Waals surface area contributed by atoms with E-state index in [9.17, 15) is 24.3 Å². The second-order valence-electron chi connectivity index (χ2n) is 6.01. The van der Waals surface area contributed by atoms with Crippen LogP contribution in [0.3, 0.4) is 0 Å². The Balaban J connectivity index is 1.65. The van der Waals surface area contributed by atoms with Gasteiger partial charge in [-0.3, -0.25) is 0 Å². The maximum Gasteiger partial charge on any atom is 0.336 e. The van der Waals surface area contributed by atoms with Crippen LogP contribution in [0.5, 0.6) is 0 Å². The van der Waals surface area contributed by atoms with Gasteiger partial charge in [0.1, 0.15) is 0 Å². The van der Waals surface area contributed by atoms with Crippen molar-refractivity contribution >= 4 is 29.8 Å². The SMILES string of the molecule is O=C(O)C(NC(=O)N1CCN(C(=O)Nc2ccccc2)C1=O)c1ccccc1. The first-order chi connectivity index (χ1) is 13.5. The highest BCUT2D eigenvalue weighted by Gasteiger charge is 2.38.